The Balaban J connectivity index is 1.98. The highest BCUT2D eigenvalue weighted by Crippen LogP contribution is 2.50. The van der Waals surface area contributed by atoms with Gasteiger partial charge in [-0.3, -0.25) is 9.80 Å². The Hall–Kier alpha value is -2.18. The minimum absolute atomic E-state index is 0.118. The molecule has 2 heterocycles. The lowest BCUT2D eigenvalue weighted by molar-refractivity contribution is 0.115. The molecule has 24 heavy (non-hydrogen) atoms. The third kappa shape index (κ3) is 1.96. The molecule has 2 atom stereocenters. The van der Waals surface area contributed by atoms with Gasteiger partial charge in [0, 0.05) is 0 Å². The first-order chi connectivity index (χ1) is 11.6. The van der Waals surface area contributed by atoms with E-state index in [-0.39, 0.29) is 11.2 Å². The molecule has 0 spiro atoms. The predicted molar refractivity (Wildman–Crippen MR) is 103 cm³/mol. The second kappa shape index (κ2) is 5.43. The zero-order chi connectivity index (χ0) is 16.9. The molecule has 2 aromatic rings. The molecule has 0 radical (unpaired) electrons. The van der Waals surface area contributed by atoms with Gasteiger partial charge in [0.25, 0.3) is 0 Å². The third-order valence-electron chi connectivity index (χ3n) is 4.84. The summed E-state index contributed by atoms with van der Waals surface area (Å²) in [6, 6.07) is 18.2. The summed E-state index contributed by atoms with van der Waals surface area (Å²) in [5.41, 5.74) is 7.56. The van der Waals surface area contributed by atoms with Crippen LogP contribution in [0, 0.1) is 0 Å². The van der Waals surface area contributed by atoms with Crippen LogP contribution in [0.3, 0.4) is 0 Å². The minimum Gasteiger partial charge on any atom is -0.486 e. The van der Waals surface area contributed by atoms with Gasteiger partial charge in [0.2, 0.25) is 0 Å². The first kappa shape index (κ1) is 15.4. The van der Waals surface area contributed by atoms with Crippen LogP contribution in [0.4, 0.5) is 5.69 Å². The lowest BCUT2D eigenvalue weighted by Gasteiger charge is -2.46. The van der Waals surface area contributed by atoms with Crippen LogP contribution in [-0.4, -0.2) is 27.8 Å². The van der Waals surface area contributed by atoms with E-state index in [2.05, 4.69) is 24.0 Å². The lowest BCUT2D eigenvalue weighted by atomic mass is 9.82. The molecule has 2 unspecified atom stereocenters. The highest BCUT2D eigenvalue weighted by atomic mass is 32.1. The average molecular weight is 355 g/mol. The summed E-state index contributed by atoms with van der Waals surface area (Å²) in [4.78, 5) is 3.97. The fourth-order valence-electron chi connectivity index (χ4n) is 3.68. The normalized spacial score (nSPS) is 25.0. The average Bonchev–Trinajstić information content (AvgIpc) is 2.92. The number of nitrogens with two attached hydrogens (primary N) is 1. The van der Waals surface area contributed by atoms with Gasteiger partial charge in [-0.25, -0.2) is 0 Å². The number of ether oxygens (including phenoxy) is 1. The summed E-state index contributed by atoms with van der Waals surface area (Å²) in [6.07, 6.45) is -0.118. The standard InChI is InChI=1S/C18H17N3OS2/c1-12-18(13-7-3-2-4-8-13)11-20(16(19)23)17(24)21(18)14-9-5-6-10-15(14)22-12/h2-10,12H,11H2,1H3,(H2,19,23). The Labute approximate surface area is 151 Å². The van der Waals surface area contributed by atoms with Crippen LogP contribution >= 0.6 is 24.4 Å². The number of hydrogen-bond donors (Lipinski definition) is 1. The van der Waals surface area contributed by atoms with Gasteiger partial charge < -0.3 is 10.5 Å². The maximum absolute atomic E-state index is 6.27. The summed E-state index contributed by atoms with van der Waals surface area (Å²) >= 11 is 11.0. The summed E-state index contributed by atoms with van der Waals surface area (Å²) in [5, 5.41) is 0.906. The van der Waals surface area contributed by atoms with Gasteiger partial charge in [0.15, 0.2) is 10.2 Å². The van der Waals surface area contributed by atoms with E-state index < -0.39 is 5.54 Å². The number of anilines is 1. The zero-order valence-electron chi connectivity index (χ0n) is 13.2. The Morgan fingerprint density at radius 3 is 2.54 bits per heavy atom. The van der Waals surface area contributed by atoms with E-state index in [0.29, 0.717) is 11.7 Å². The Bertz CT molecular complexity index is 826. The van der Waals surface area contributed by atoms with Crippen LogP contribution in [-0.2, 0) is 5.54 Å². The molecule has 4 rings (SSSR count). The van der Waals surface area contributed by atoms with Crippen molar-refractivity contribution in [1.29, 1.82) is 0 Å². The van der Waals surface area contributed by atoms with Gasteiger partial charge >= 0.3 is 0 Å². The van der Waals surface area contributed by atoms with Crippen LogP contribution in [0.2, 0.25) is 0 Å². The first-order valence-electron chi connectivity index (χ1n) is 7.78. The molecular formula is C18H17N3OS2. The number of hydrogen-bond acceptors (Lipinski definition) is 3. The summed E-state index contributed by atoms with van der Waals surface area (Å²) in [5.74, 6) is 0.823. The van der Waals surface area contributed by atoms with E-state index in [4.69, 9.17) is 34.9 Å². The number of thiocarbonyl (C=S) groups is 2. The maximum Gasteiger partial charge on any atom is 0.183 e. The van der Waals surface area contributed by atoms with Crippen molar-refractivity contribution in [2.75, 3.05) is 11.4 Å². The monoisotopic (exact) mass is 355 g/mol. The van der Waals surface area contributed by atoms with Crippen LogP contribution < -0.4 is 15.4 Å². The molecule has 0 saturated carbocycles. The third-order valence-corrected chi connectivity index (χ3v) is 5.47. The molecule has 1 fully saturated rings. The molecule has 0 bridgehead atoms. The molecule has 2 aliphatic rings. The van der Waals surface area contributed by atoms with Gasteiger partial charge in [0.05, 0.1) is 12.2 Å². The predicted octanol–water partition coefficient (Wildman–Crippen LogP) is 3.01. The van der Waals surface area contributed by atoms with Gasteiger partial charge in [-0.05, 0) is 49.1 Å². The molecule has 122 valence electrons. The summed E-state index contributed by atoms with van der Waals surface area (Å²) < 4.78 is 6.27. The van der Waals surface area contributed by atoms with E-state index >= 15 is 0 Å². The number of nitrogens with zero attached hydrogens (tertiary/aromatic N) is 2. The minimum atomic E-state index is -0.462. The number of para-hydroxylation sites is 2. The van der Waals surface area contributed by atoms with Gasteiger partial charge in [-0.15, -0.1) is 0 Å². The SMILES string of the molecule is CC1Oc2ccccc2N2C(=S)N(C(N)=S)CC12c1ccccc1. The highest BCUT2D eigenvalue weighted by Gasteiger charge is 2.57. The topological polar surface area (TPSA) is 41.7 Å². The highest BCUT2D eigenvalue weighted by molar-refractivity contribution is 7.82. The molecule has 4 nitrogen and oxygen atoms in total. The first-order valence-corrected chi connectivity index (χ1v) is 8.60. The van der Waals surface area contributed by atoms with Crippen molar-refractivity contribution in [3.05, 3.63) is 60.2 Å². The van der Waals surface area contributed by atoms with E-state index in [1.165, 1.54) is 0 Å². The molecule has 2 aromatic carbocycles. The van der Waals surface area contributed by atoms with Gasteiger partial charge in [-0.2, -0.15) is 0 Å². The van der Waals surface area contributed by atoms with Crippen molar-refractivity contribution >= 4 is 40.3 Å². The molecule has 0 amide bonds. The van der Waals surface area contributed by atoms with E-state index in [9.17, 15) is 0 Å². The number of rotatable bonds is 1. The summed E-state index contributed by atoms with van der Waals surface area (Å²) in [6.45, 7) is 2.64. The van der Waals surface area contributed by atoms with E-state index in [1.54, 1.807) is 0 Å². The van der Waals surface area contributed by atoms with Crippen molar-refractivity contribution < 1.29 is 4.74 Å². The molecule has 2 N–H and O–H groups in total. The second-order valence-corrected chi connectivity index (χ2v) is 6.84. The fourth-order valence-corrected chi connectivity index (χ4v) is 4.32. The van der Waals surface area contributed by atoms with Crippen molar-refractivity contribution in [2.24, 2.45) is 5.73 Å². The van der Waals surface area contributed by atoms with Gasteiger partial charge in [-0.1, -0.05) is 42.5 Å². The van der Waals surface area contributed by atoms with Crippen molar-refractivity contribution in [2.45, 2.75) is 18.6 Å². The zero-order valence-corrected chi connectivity index (χ0v) is 14.8. The largest absolute Gasteiger partial charge is 0.486 e. The van der Waals surface area contributed by atoms with Crippen LogP contribution in [0.5, 0.6) is 5.75 Å². The smallest absolute Gasteiger partial charge is 0.183 e. The van der Waals surface area contributed by atoms with Crippen molar-refractivity contribution in [1.82, 2.24) is 4.90 Å². The summed E-state index contributed by atoms with van der Waals surface area (Å²) in [7, 11) is 0. The van der Waals surface area contributed by atoms with Crippen LogP contribution in [0.15, 0.2) is 54.6 Å². The quantitative estimate of drug-likeness (QED) is 0.793. The molecule has 0 aromatic heterocycles. The Morgan fingerprint density at radius 1 is 1.17 bits per heavy atom. The second-order valence-electron chi connectivity index (χ2n) is 6.06. The van der Waals surface area contributed by atoms with Crippen LogP contribution in [0.1, 0.15) is 12.5 Å². The van der Waals surface area contributed by atoms with E-state index in [1.807, 2.05) is 47.4 Å². The Kier molecular flexibility index (Phi) is 3.47. The number of fused-ring (bicyclic) bond motifs is 3. The Morgan fingerprint density at radius 2 is 1.83 bits per heavy atom. The molecule has 6 heteroatoms. The molecule has 1 saturated heterocycles. The van der Waals surface area contributed by atoms with Crippen molar-refractivity contribution in [3.8, 4) is 5.75 Å². The lowest BCUT2D eigenvalue weighted by Crippen LogP contribution is -2.57. The van der Waals surface area contributed by atoms with Crippen molar-refractivity contribution in [3.63, 3.8) is 0 Å². The number of benzene rings is 2. The van der Waals surface area contributed by atoms with Crippen LogP contribution in [0.25, 0.3) is 0 Å². The maximum atomic E-state index is 6.27. The fraction of sp³-hybridized carbons (Fsp3) is 0.222. The van der Waals surface area contributed by atoms with Gasteiger partial charge in [0.1, 0.15) is 17.4 Å². The molecular weight excluding hydrogens is 338 g/mol. The molecule has 0 aliphatic carbocycles. The van der Waals surface area contributed by atoms with E-state index in [0.717, 1.165) is 17.0 Å². The molecule has 2 aliphatic heterocycles.